The first-order valence-corrected chi connectivity index (χ1v) is 14.3. The summed E-state index contributed by atoms with van der Waals surface area (Å²) in [5.74, 6) is 0.282. The highest BCUT2D eigenvalue weighted by Crippen LogP contribution is 2.33. The van der Waals surface area contributed by atoms with E-state index in [-0.39, 0.29) is 23.0 Å². The third-order valence-corrected chi connectivity index (χ3v) is 7.04. The number of esters is 1. The summed E-state index contributed by atoms with van der Waals surface area (Å²) in [5.41, 5.74) is 4.31. The van der Waals surface area contributed by atoms with Crippen LogP contribution in [-0.4, -0.2) is 51.0 Å². The molecule has 4 aromatic rings. The summed E-state index contributed by atoms with van der Waals surface area (Å²) in [6, 6.07) is 24.6. The number of methoxy groups -OCH3 is 1. The first-order chi connectivity index (χ1) is 21.7. The molecule has 0 spiro atoms. The number of carbonyl (C=O) groups excluding carboxylic acids is 3. The van der Waals surface area contributed by atoms with Crippen molar-refractivity contribution in [2.45, 2.75) is 20.5 Å². The Balaban J connectivity index is 1.31. The second-order valence-electron chi connectivity index (χ2n) is 10.3. The molecule has 2 amide bonds. The van der Waals surface area contributed by atoms with E-state index in [9.17, 15) is 14.4 Å². The van der Waals surface area contributed by atoms with Gasteiger partial charge in [-0.05, 0) is 72.6 Å². The average molecular weight is 608 g/mol. The molecule has 0 aromatic heterocycles. The Morgan fingerprint density at radius 2 is 1.71 bits per heavy atom. The zero-order valence-electron chi connectivity index (χ0n) is 25.5. The summed E-state index contributed by atoms with van der Waals surface area (Å²) in [4.78, 5) is 44.0. The number of rotatable bonds is 10. The van der Waals surface area contributed by atoms with Crippen molar-refractivity contribution in [1.29, 1.82) is 0 Å². The lowest BCUT2D eigenvalue weighted by atomic mass is 10.1. The number of hydrogen-bond donors (Lipinski definition) is 1. The van der Waals surface area contributed by atoms with Crippen molar-refractivity contribution in [2.24, 2.45) is 4.99 Å². The number of anilines is 2. The summed E-state index contributed by atoms with van der Waals surface area (Å²) in [6.45, 7) is 4.79. The SMILES string of the molecule is COc1cc(C(=O)N(C)c2ccc(C)cc2OCc2ccc(C3=NCCO3)cc2)ccc1NC(=O)c1ccccc1OC(C)=O. The summed E-state index contributed by atoms with van der Waals surface area (Å²) >= 11 is 0. The van der Waals surface area contributed by atoms with E-state index in [1.165, 1.54) is 25.0 Å². The molecule has 1 heterocycles. The summed E-state index contributed by atoms with van der Waals surface area (Å²) in [7, 11) is 3.12. The largest absolute Gasteiger partial charge is 0.495 e. The molecular formula is C35H33N3O7. The normalized spacial score (nSPS) is 12.0. The van der Waals surface area contributed by atoms with Crippen molar-refractivity contribution in [2.75, 3.05) is 37.5 Å². The summed E-state index contributed by atoms with van der Waals surface area (Å²) in [6.07, 6.45) is 0. The topological polar surface area (TPSA) is 116 Å². The molecule has 45 heavy (non-hydrogen) atoms. The van der Waals surface area contributed by atoms with Crippen LogP contribution in [0.2, 0.25) is 0 Å². The number of aryl methyl sites for hydroxylation is 1. The number of amides is 2. The molecule has 1 N–H and O–H groups in total. The minimum absolute atomic E-state index is 0.136. The van der Waals surface area contributed by atoms with Crippen LogP contribution in [0.1, 0.15) is 44.3 Å². The van der Waals surface area contributed by atoms with Gasteiger partial charge in [-0.15, -0.1) is 0 Å². The van der Waals surface area contributed by atoms with Crippen LogP contribution in [0, 0.1) is 6.92 Å². The molecule has 10 nitrogen and oxygen atoms in total. The van der Waals surface area contributed by atoms with Crippen molar-refractivity contribution in [1.82, 2.24) is 0 Å². The Labute approximate surface area is 261 Å². The van der Waals surface area contributed by atoms with E-state index in [2.05, 4.69) is 10.3 Å². The van der Waals surface area contributed by atoms with Gasteiger partial charge in [0.15, 0.2) is 0 Å². The number of nitrogens with zero attached hydrogens (tertiary/aromatic N) is 2. The van der Waals surface area contributed by atoms with E-state index < -0.39 is 11.9 Å². The molecule has 0 atom stereocenters. The molecule has 0 fully saturated rings. The minimum atomic E-state index is -0.540. The molecular weight excluding hydrogens is 574 g/mol. The Hall–Kier alpha value is -5.64. The predicted octanol–water partition coefficient (Wildman–Crippen LogP) is 5.81. The van der Waals surface area contributed by atoms with E-state index in [0.29, 0.717) is 48.3 Å². The Morgan fingerprint density at radius 3 is 2.42 bits per heavy atom. The maximum absolute atomic E-state index is 13.6. The number of carbonyl (C=O) groups is 3. The first kappa shape index (κ1) is 30.8. The molecule has 0 radical (unpaired) electrons. The highest BCUT2D eigenvalue weighted by Gasteiger charge is 2.21. The van der Waals surface area contributed by atoms with Crippen LogP contribution >= 0.6 is 0 Å². The quantitative estimate of drug-likeness (QED) is 0.179. The lowest BCUT2D eigenvalue weighted by molar-refractivity contribution is -0.131. The Morgan fingerprint density at radius 1 is 0.933 bits per heavy atom. The number of nitrogens with one attached hydrogen (secondary N) is 1. The molecule has 1 aliphatic rings. The highest BCUT2D eigenvalue weighted by atomic mass is 16.5. The second kappa shape index (κ2) is 13.8. The van der Waals surface area contributed by atoms with Gasteiger partial charge >= 0.3 is 5.97 Å². The standard InChI is InChI=1S/C35H33N3O7/c1-22-9-16-29(32(19-22)44-21-24-10-12-25(13-11-24)34-36-17-18-43-34)38(3)35(41)26-14-15-28(31(20-26)42-4)37-33(40)27-7-5-6-8-30(27)45-23(2)39/h5-16,19-20H,17-18,21H2,1-4H3,(H,37,40). The third-order valence-electron chi connectivity index (χ3n) is 7.04. The molecule has 0 aliphatic carbocycles. The van der Waals surface area contributed by atoms with E-state index in [0.717, 1.165) is 16.7 Å². The van der Waals surface area contributed by atoms with Crippen LogP contribution in [0.3, 0.4) is 0 Å². The van der Waals surface area contributed by atoms with Gasteiger partial charge in [0.2, 0.25) is 5.90 Å². The van der Waals surface area contributed by atoms with Gasteiger partial charge in [-0.3, -0.25) is 14.4 Å². The summed E-state index contributed by atoms with van der Waals surface area (Å²) in [5, 5.41) is 2.77. The maximum Gasteiger partial charge on any atom is 0.308 e. The number of aliphatic imine (C=N–C) groups is 1. The van der Waals surface area contributed by atoms with Crippen molar-refractivity contribution in [3.05, 3.63) is 113 Å². The van der Waals surface area contributed by atoms with Crippen LogP contribution in [0.25, 0.3) is 0 Å². The second-order valence-corrected chi connectivity index (χ2v) is 10.3. The molecule has 10 heteroatoms. The van der Waals surface area contributed by atoms with E-state index >= 15 is 0 Å². The van der Waals surface area contributed by atoms with Crippen LogP contribution in [-0.2, 0) is 16.1 Å². The predicted molar refractivity (Wildman–Crippen MR) is 171 cm³/mol. The van der Waals surface area contributed by atoms with Crippen molar-refractivity contribution in [3.8, 4) is 17.2 Å². The fourth-order valence-corrected chi connectivity index (χ4v) is 4.75. The lowest BCUT2D eigenvalue weighted by Gasteiger charge is -2.22. The Bertz CT molecular complexity index is 1770. The molecule has 4 aromatic carbocycles. The Kier molecular flexibility index (Phi) is 9.43. The first-order valence-electron chi connectivity index (χ1n) is 14.3. The van der Waals surface area contributed by atoms with E-state index in [4.69, 9.17) is 18.9 Å². The monoisotopic (exact) mass is 607 g/mol. The third kappa shape index (κ3) is 7.30. The van der Waals surface area contributed by atoms with Crippen LogP contribution in [0.5, 0.6) is 17.2 Å². The fraction of sp³-hybridized carbons (Fsp3) is 0.200. The van der Waals surface area contributed by atoms with Gasteiger partial charge in [-0.25, -0.2) is 4.99 Å². The van der Waals surface area contributed by atoms with Gasteiger partial charge in [-0.1, -0.05) is 30.3 Å². The molecule has 0 saturated carbocycles. The molecule has 0 saturated heterocycles. The van der Waals surface area contributed by atoms with E-state index in [1.54, 1.807) is 43.4 Å². The van der Waals surface area contributed by atoms with Crippen molar-refractivity contribution < 1.29 is 33.3 Å². The van der Waals surface area contributed by atoms with Gasteiger partial charge in [0.05, 0.1) is 30.6 Å². The number of benzene rings is 4. The zero-order valence-corrected chi connectivity index (χ0v) is 25.5. The smallest absolute Gasteiger partial charge is 0.308 e. The number of ether oxygens (including phenoxy) is 4. The molecule has 0 unspecified atom stereocenters. The maximum atomic E-state index is 13.6. The molecule has 230 valence electrons. The minimum Gasteiger partial charge on any atom is -0.495 e. The molecule has 1 aliphatic heterocycles. The van der Waals surface area contributed by atoms with Crippen molar-refractivity contribution >= 4 is 35.1 Å². The van der Waals surface area contributed by atoms with E-state index in [1.807, 2.05) is 49.4 Å². The summed E-state index contributed by atoms with van der Waals surface area (Å²) < 4.78 is 22.4. The van der Waals surface area contributed by atoms with Crippen LogP contribution < -0.4 is 24.4 Å². The average Bonchev–Trinajstić information content (AvgIpc) is 3.59. The zero-order chi connectivity index (χ0) is 31.9. The van der Waals surface area contributed by atoms with Gasteiger partial charge < -0.3 is 29.2 Å². The van der Waals surface area contributed by atoms with Crippen molar-refractivity contribution in [3.63, 3.8) is 0 Å². The van der Waals surface area contributed by atoms with Gasteiger partial charge in [-0.2, -0.15) is 0 Å². The van der Waals surface area contributed by atoms with Crippen LogP contribution in [0.4, 0.5) is 11.4 Å². The highest BCUT2D eigenvalue weighted by molar-refractivity contribution is 6.09. The number of hydrogen-bond acceptors (Lipinski definition) is 8. The lowest BCUT2D eigenvalue weighted by Crippen LogP contribution is -2.27. The molecule has 5 rings (SSSR count). The van der Waals surface area contributed by atoms with Gasteiger partial charge in [0, 0.05) is 25.1 Å². The number of para-hydroxylation sites is 1. The fourth-order valence-electron chi connectivity index (χ4n) is 4.75. The molecule has 0 bridgehead atoms. The van der Waals surface area contributed by atoms with Crippen LogP contribution in [0.15, 0.2) is 89.9 Å². The van der Waals surface area contributed by atoms with Gasteiger partial charge in [0.1, 0.15) is 30.5 Å². The van der Waals surface area contributed by atoms with Gasteiger partial charge in [0.25, 0.3) is 11.8 Å².